The highest BCUT2D eigenvalue weighted by Gasteiger charge is 2.15. The van der Waals surface area contributed by atoms with Crippen molar-refractivity contribution >= 4 is 11.9 Å². The van der Waals surface area contributed by atoms with E-state index >= 15 is 0 Å². The molecule has 0 radical (unpaired) electrons. The molecule has 104 valence electrons. The van der Waals surface area contributed by atoms with Crippen LogP contribution >= 0.6 is 0 Å². The predicted molar refractivity (Wildman–Crippen MR) is 68.1 cm³/mol. The molecule has 1 aromatic rings. The Morgan fingerprint density at radius 1 is 1.47 bits per heavy atom. The zero-order chi connectivity index (χ0) is 14.4. The molecule has 0 saturated carbocycles. The number of hydrogen-bond donors (Lipinski definition) is 2. The number of benzene rings is 1. The summed E-state index contributed by atoms with van der Waals surface area (Å²) in [6, 6.07) is 3.32. The van der Waals surface area contributed by atoms with Crippen LogP contribution in [0.25, 0.3) is 0 Å². The standard InChI is InChI=1S/C13H17FN2O3/c1-3-8-4-5-9(6-10(8)14)12(17)16-7-11(15)13(18)19-2/h4-6,11H,3,7,15H2,1-2H3,(H,16,17)/t11-/m1/s1. The van der Waals surface area contributed by atoms with E-state index in [2.05, 4.69) is 10.1 Å². The molecule has 0 heterocycles. The third-order valence-corrected chi connectivity index (χ3v) is 2.68. The van der Waals surface area contributed by atoms with Crippen LogP contribution in [-0.2, 0) is 16.0 Å². The minimum absolute atomic E-state index is 0.0668. The lowest BCUT2D eigenvalue weighted by molar-refractivity contribution is -0.141. The maximum Gasteiger partial charge on any atom is 0.324 e. The van der Waals surface area contributed by atoms with Gasteiger partial charge in [-0.2, -0.15) is 0 Å². The SMILES string of the molecule is CCc1ccc(C(=O)NC[C@@H](N)C(=O)OC)cc1F. The van der Waals surface area contributed by atoms with Crippen LogP contribution in [0.3, 0.4) is 0 Å². The fourth-order valence-corrected chi connectivity index (χ4v) is 1.51. The molecule has 1 aromatic carbocycles. The fourth-order valence-electron chi connectivity index (χ4n) is 1.51. The molecule has 0 aromatic heterocycles. The van der Waals surface area contributed by atoms with Crippen LogP contribution < -0.4 is 11.1 Å². The van der Waals surface area contributed by atoms with E-state index in [-0.39, 0.29) is 12.1 Å². The molecule has 1 amide bonds. The Labute approximate surface area is 110 Å². The Bertz CT molecular complexity index is 477. The van der Waals surface area contributed by atoms with E-state index < -0.39 is 23.7 Å². The number of amides is 1. The van der Waals surface area contributed by atoms with Crippen LogP contribution in [-0.4, -0.2) is 31.6 Å². The first kappa shape index (κ1) is 15.1. The van der Waals surface area contributed by atoms with Crippen molar-refractivity contribution in [2.75, 3.05) is 13.7 Å². The van der Waals surface area contributed by atoms with Crippen LogP contribution in [0.15, 0.2) is 18.2 Å². The van der Waals surface area contributed by atoms with Crippen molar-refractivity contribution in [2.24, 2.45) is 5.73 Å². The fraction of sp³-hybridized carbons (Fsp3) is 0.385. The maximum atomic E-state index is 13.5. The van der Waals surface area contributed by atoms with Gasteiger partial charge in [-0.1, -0.05) is 13.0 Å². The summed E-state index contributed by atoms with van der Waals surface area (Å²) in [5.41, 5.74) is 6.20. The van der Waals surface area contributed by atoms with Gasteiger partial charge < -0.3 is 15.8 Å². The molecule has 0 aliphatic carbocycles. The molecule has 0 fully saturated rings. The van der Waals surface area contributed by atoms with Crippen molar-refractivity contribution in [1.29, 1.82) is 0 Å². The number of carbonyl (C=O) groups is 2. The molecule has 1 rings (SSSR count). The van der Waals surface area contributed by atoms with Gasteiger partial charge >= 0.3 is 5.97 Å². The summed E-state index contributed by atoms with van der Waals surface area (Å²) in [6.45, 7) is 1.76. The summed E-state index contributed by atoms with van der Waals surface area (Å²) in [5.74, 6) is -1.53. The van der Waals surface area contributed by atoms with Gasteiger partial charge in [-0.25, -0.2) is 4.39 Å². The summed E-state index contributed by atoms with van der Waals surface area (Å²) < 4.78 is 17.9. The second-order valence-corrected chi connectivity index (χ2v) is 4.00. The summed E-state index contributed by atoms with van der Waals surface area (Å²) in [4.78, 5) is 22.8. The summed E-state index contributed by atoms with van der Waals surface area (Å²) in [7, 11) is 1.21. The van der Waals surface area contributed by atoms with E-state index in [0.29, 0.717) is 12.0 Å². The van der Waals surface area contributed by atoms with Crippen molar-refractivity contribution in [3.8, 4) is 0 Å². The van der Waals surface area contributed by atoms with Crippen LogP contribution in [0.5, 0.6) is 0 Å². The van der Waals surface area contributed by atoms with Gasteiger partial charge in [0.05, 0.1) is 7.11 Å². The highest BCUT2D eigenvalue weighted by Crippen LogP contribution is 2.11. The molecule has 0 unspecified atom stereocenters. The Morgan fingerprint density at radius 3 is 2.68 bits per heavy atom. The van der Waals surface area contributed by atoms with Crippen molar-refractivity contribution in [1.82, 2.24) is 5.32 Å². The van der Waals surface area contributed by atoms with Crippen LogP contribution in [0.4, 0.5) is 4.39 Å². The van der Waals surface area contributed by atoms with Crippen molar-refractivity contribution in [3.63, 3.8) is 0 Å². The number of rotatable bonds is 5. The molecule has 0 spiro atoms. The maximum absolute atomic E-state index is 13.5. The Morgan fingerprint density at radius 2 is 2.16 bits per heavy atom. The van der Waals surface area contributed by atoms with Crippen LogP contribution in [0, 0.1) is 5.82 Å². The molecule has 0 saturated heterocycles. The van der Waals surface area contributed by atoms with E-state index in [0.717, 1.165) is 6.07 Å². The van der Waals surface area contributed by atoms with Gasteiger partial charge in [-0.3, -0.25) is 9.59 Å². The van der Waals surface area contributed by atoms with Crippen molar-refractivity contribution in [3.05, 3.63) is 35.1 Å². The number of halogens is 1. The van der Waals surface area contributed by atoms with E-state index in [4.69, 9.17) is 5.73 Å². The van der Waals surface area contributed by atoms with Gasteiger partial charge in [0.25, 0.3) is 5.91 Å². The molecule has 0 bridgehead atoms. The average Bonchev–Trinajstić information content (AvgIpc) is 2.43. The normalized spacial score (nSPS) is 11.8. The van der Waals surface area contributed by atoms with Gasteiger partial charge in [0.1, 0.15) is 11.9 Å². The molecule has 3 N–H and O–H groups in total. The monoisotopic (exact) mass is 268 g/mol. The first-order chi connectivity index (χ1) is 8.99. The van der Waals surface area contributed by atoms with Crippen molar-refractivity contribution < 1.29 is 18.7 Å². The van der Waals surface area contributed by atoms with Crippen LogP contribution in [0.2, 0.25) is 0 Å². The van der Waals surface area contributed by atoms with Gasteiger partial charge in [0, 0.05) is 12.1 Å². The highest BCUT2D eigenvalue weighted by atomic mass is 19.1. The minimum atomic E-state index is -0.936. The molecule has 1 atom stereocenters. The van der Waals surface area contributed by atoms with E-state index in [1.54, 1.807) is 6.07 Å². The smallest absolute Gasteiger partial charge is 0.324 e. The average molecular weight is 268 g/mol. The quantitative estimate of drug-likeness (QED) is 0.767. The van der Waals surface area contributed by atoms with Gasteiger partial charge in [-0.05, 0) is 24.1 Å². The largest absolute Gasteiger partial charge is 0.468 e. The Hall–Kier alpha value is -1.95. The number of nitrogens with two attached hydrogens (primary N) is 1. The molecule has 6 heteroatoms. The molecular weight excluding hydrogens is 251 g/mol. The first-order valence-corrected chi connectivity index (χ1v) is 5.89. The number of hydrogen-bond acceptors (Lipinski definition) is 4. The number of aryl methyl sites for hydroxylation is 1. The Balaban J connectivity index is 2.64. The van der Waals surface area contributed by atoms with Crippen LogP contribution in [0.1, 0.15) is 22.8 Å². The van der Waals surface area contributed by atoms with E-state index in [1.165, 1.54) is 13.2 Å². The second-order valence-electron chi connectivity index (χ2n) is 4.00. The molecule has 0 aliphatic rings. The number of carbonyl (C=O) groups excluding carboxylic acids is 2. The number of nitrogens with one attached hydrogen (secondary N) is 1. The lowest BCUT2D eigenvalue weighted by atomic mass is 10.1. The lowest BCUT2D eigenvalue weighted by Crippen LogP contribution is -2.43. The third kappa shape index (κ3) is 4.03. The van der Waals surface area contributed by atoms with Gasteiger partial charge in [-0.15, -0.1) is 0 Å². The predicted octanol–water partition coefficient (Wildman–Crippen LogP) is 0.618. The number of esters is 1. The lowest BCUT2D eigenvalue weighted by Gasteiger charge is -2.11. The van der Waals surface area contributed by atoms with Gasteiger partial charge in [0.15, 0.2) is 0 Å². The molecule has 19 heavy (non-hydrogen) atoms. The topological polar surface area (TPSA) is 81.4 Å². The van der Waals surface area contributed by atoms with Gasteiger partial charge in [0.2, 0.25) is 0 Å². The minimum Gasteiger partial charge on any atom is -0.468 e. The van der Waals surface area contributed by atoms with E-state index in [9.17, 15) is 14.0 Å². The highest BCUT2D eigenvalue weighted by molar-refractivity contribution is 5.94. The second kappa shape index (κ2) is 6.84. The number of ether oxygens (including phenoxy) is 1. The molecule has 0 aliphatic heterocycles. The van der Waals surface area contributed by atoms with Crippen molar-refractivity contribution in [2.45, 2.75) is 19.4 Å². The molecular formula is C13H17FN2O3. The summed E-state index contributed by atoms with van der Waals surface area (Å²) in [5, 5.41) is 2.45. The zero-order valence-corrected chi connectivity index (χ0v) is 10.9. The zero-order valence-electron chi connectivity index (χ0n) is 10.9. The van der Waals surface area contributed by atoms with E-state index in [1.807, 2.05) is 6.92 Å². The molecule has 5 nitrogen and oxygen atoms in total. The first-order valence-electron chi connectivity index (χ1n) is 5.89. The Kier molecular flexibility index (Phi) is 5.44. The summed E-state index contributed by atoms with van der Waals surface area (Å²) in [6.07, 6.45) is 0.556. The third-order valence-electron chi connectivity index (χ3n) is 2.68. The summed E-state index contributed by atoms with van der Waals surface area (Å²) >= 11 is 0. The number of methoxy groups -OCH3 is 1.